The van der Waals surface area contributed by atoms with Gasteiger partial charge in [0.15, 0.2) is 5.78 Å². The monoisotopic (exact) mass is 250 g/mol. The van der Waals surface area contributed by atoms with E-state index in [1.54, 1.807) is 6.07 Å². The average molecular weight is 250 g/mol. The standard InChI is InChI=1S/C13H14O5/c1-13(2,16)12(15)8-6-18-10-5-7(17-3)4-9(14)11(8)10/h4-6,14,16H,1-3H3. The Morgan fingerprint density at radius 2 is 2.06 bits per heavy atom. The number of phenols is 1. The number of aromatic hydroxyl groups is 1. The van der Waals surface area contributed by atoms with Gasteiger partial charge in [0.2, 0.25) is 0 Å². The number of phenolic OH excluding ortho intramolecular Hbond substituents is 1. The molecule has 2 N–H and O–H groups in total. The Bertz CT molecular complexity index is 604. The van der Waals surface area contributed by atoms with Crippen LogP contribution in [0.1, 0.15) is 24.2 Å². The van der Waals surface area contributed by atoms with E-state index in [2.05, 4.69) is 0 Å². The van der Waals surface area contributed by atoms with E-state index in [0.717, 1.165) is 0 Å². The molecule has 2 aromatic rings. The number of hydrogen-bond donors (Lipinski definition) is 2. The zero-order valence-corrected chi connectivity index (χ0v) is 10.4. The van der Waals surface area contributed by atoms with Crippen molar-refractivity contribution >= 4 is 16.8 Å². The number of methoxy groups -OCH3 is 1. The maximum Gasteiger partial charge on any atom is 0.197 e. The molecule has 0 unspecified atom stereocenters. The predicted octanol–water partition coefficient (Wildman–Crippen LogP) is 2.10. The summed E-state index contributed by atoms with van der Waals surface area (Å²) in [5, 5.41) is 19.9. The first-order valence-electron chi connectivity index (χ1n) is 5.40. The predicted molar refractivity (Wildman–Crippen MR) is 65.1 cm³/mol. The summed E-state index contributed by atoms with van der Waals surface area (Å²) in [4.78, 5) is 12.0. The van der Waals surface area contributed by atoms with Crippen LogP contribution in [0, 0.1) is 0 Å². The molecule has 0 amide bonds. The molecule has 0 bridgehead atoms. The second-order valence-corrected chi connectivity index (χ2v) is 4.56. The zero-order chi connectivity index (χ0) is 13.5. The molecule has 0 fully saturated rings. The van der Waals surface area contributed by atoms with Crippen molar-refractivity contribution in [3.8, 4) is 11.5 Å². The molecule has 2 rings (SSSR count). The summed E-state index contributed by atoms with van der Waals surface area (Å²) in [6.45, 7) is 2.77. The summed E-state index contributed by atoms with van der Waals surface area (Å²) in [6.07, 6.45) is 1.23. The first kappa shape index (κ1) is 12.4. The zero-order valence-electron chi connectivity index (χ0n) is 10.4. The first-order valence-corrected chi connectivity index (χ1v) is 5.40. The second kappa shape index (κ2) is 4.03. The third-order valence-electron chi connectivity index (χ3n) is 2.66. The molecule has 5 heteroatoms. The molecular weight excluding hydrogens is 236 g/mol. The van der Waals surface area contributed by atoms with Crippen LogP contribution in [0.5, 0.6) is 11.5 Å². The van der Waals surface area contributed by atoms with Crippen molar-refractivity contribution in [1.82, 2.24) is 0 Å². The van der Waals surface area contributed by atoms with Crippen LogP contribution in [0.4, 0.5) is 0 Å². The number of hydrogen-bond acceptors (Lipinski definition) is 5. The summed E-state index contributed by atoms with van der Waals surface area (Å²) < 4.78 is 10.2. The molecule has 5 nitrogen and oxygen atoms in total. The van der Waals surface area contributed by atoms with Crippen molar-refractivity contribution in [1.29, 1.82) is 0 Å². The Hall–Kier alpha value is -2.01. The summed E-state index contributed by atoms with van der Waals surface area (Å²) >= 11 is 0. The van der Waals surface area contributed by atoms with E-state index >= 15 is 0 Å². The fourth-order valence-electron chi connectivity index (χ4n) is 1.74. The van der Waals surface area contributed by atoms with E-state index in [4.69, 9.17) is 9.15 Å². The number of ketones is 1. The number of carbonyl (C=O) groups is 1. The molecule has 0 aliphatic carbocycles. The van der Waals surface area contributed by atoms with Gasteiger partial charge in [-0.1, -0.05) is 0 Å². The minimum atomic E-state index is -1.52. The lowest BCUT2D eigenvalue weighted by Crippen LogP contribution is -2.30. The molecule has 0 aliphatic rings. The minimum absolute atomic E-state index is 0.120. The van der Waals surface area contributed by atoms with Crippen molar-refractivity contribution in [2.75, 3.05) is 7.11 Å². The van der Waals surface area contributed by atoms with E-state index in [-0.39, 0.29) is 16.7 Å². The molecule has 18 heavy (non-hydrogen) atoms. The molecule has 0 saturated heterocycles. The maximum atomic E-state index is 12.0. The Morgan fingerprint density at radius 1 is 1.39 bits per heavy atom. The summed E-state index contributed by atoms with van der Waals surface area (Å²) in [7, 11) is 1.46. The number of carbonyl (C=O) groups excluding carboxylic acids is 1. The smallest absolute Gasteiger partial charge is 0.197 e. The van der Waals surface area contributed by atoms with Crippen LogP contribution < -0.4 is 4.74 Å². The lowest BCUT2D eigenvalue weighted by Gasteiger charge is -2.14. The Kier molecular flexibility index (Phi) is 2.78. The van der Waals surface area contributed by atoms with E-state index in [1.165, 1.54) is 33.3 Å². The molecule has 1 aromatic heterocycles. The highest BCUT2D eigenvalue weighted by atomic mass is 16.5. The van der Waals surface area contributed by atoms with Crippen LogP contribution in [0.3, 0.4) is 0 Å². The maximum absolute atomic E-state index is 12.0. The molecule has 96 valence electrons. The molecule has 1 heterocycles. The fourth-order valence-corrected chi connectivity index (χ4v) is 1.74. The van der Waals surface area contributed by atoms with Crippen LogP contribution in [0.25, 0.3) is 11.0 Å². The van der Waals surface area contributed by atoms with E-state index in [9.17, 15) is 15.0 Å². The highest BCUT2D eigenvalue weighted by Crippen LogP contribution is 2.35. The topological polar surface area (TPSA) is 79.9 Å². The number of aliphatic hydroxyl groups is 1. The highest BCUT2D eigenvalue weighted by molar-refractivity contribution is 6.12. The largest absolute Gasteiger partial charge is 0.507 e. The molecule has 0 radical (unpaired) electrons. The van der Waals surface area contributed by atoms with Gasteiger partial charge < -0.3 is 19.4 Å². The van der Waals surface area contributed by atoms with Crippen LogP contribution >= 0.6 is 0 Å². The third kappa shape index (κ3) is 1.93. The number of benzene rings is 1. The van der Waals surface area contributed by atoms with Crippen molar-refractivity contribution in [3.05, 3.63) is 24.0 Å². The van der Waals surface area contributed by atoms with Crippen molar-refractivity contribution in [2.45, 2.75) is 19.4 Å². The molecule has 0 spiro atoms. The van der Waals surface area contributed by atoms with Crippen LogP contribution in [-0.2, 0) is 0 Å². The van der Waals surface area contributed by atoms with Gasteiger partial charge in [-0.2, -0.15) is 0 Å². The van der Waals surface area contributed by atoms with Gasteiger partial charge in [0.1, 0.15) is 28.9 Å². The normalized spacial score (nSPS) is 11.8. The molecule has 1 aromatic carbocycles. The number of Topliss-reactive ketones (excluding diaryl/α,β-unsaturated/α-hetero) is 1. The lowest BCUT2D eigenvalue weighted by molar-refractivity contribution is 0.0488. The fraction of sp³-hybridized carbons (Fsp3) is 0.308. The Morgan fingerprint density at radius 3 is 2.61 bits per heavy atom. The van der Waals surface area contributed by atoms with Gasteiger partial charge in [-0.05, 0) is 13.8 Å². The number of fused-ring (bicyclic) bond motifs is 1. The number of rotatable bonds is 3. The number of ether oxygens (including phenoxy) is 1. The van der Waals surface area contributed by atoms with Crippen LogP contribution in [0.2, 0.25) is 0 Å². The molecular formula is C13H14O5. The van der Waals surface area contributed by atoms with E-state index < -0.39 is 11.4 Å². The highest BCUT2D eigenvalue weighted by Gasteiger charge is 2.29. The SMILES string of the molecule is COc1cc(O)c2c(C(=O)C(C)(C)O)coc2c1. The van der Waals surface area contributed by atoms with Crippen molar-refractivity contribution in [2.24, 2.45) is 0 Å². The van der Waals surface area contributed by atoms with Gasteiger partial charge in [-0.25, -0.2) is 0 Å². The van der Waals surface area contributed by atoms with Gasteiger partial charge in [0, 0.05) is 12.1 Å². The lowest BCUT2D eigenvalue weighted by atomic mass is 9.96. The van der Waals surface area contributed by atoms with Crippen molar-refractivity contribution < 1.29 is 24.2 Å². The Balaban J connectivity index is 2.65. The van der Waals surface area contributed by atoms with Gasteiger partial charge >= 0.3 is 0 Å². The molecule has 0 atom stereocenters. The van der Waals surface area contributed by atoms with E-state index in [1.807, 2.05) is 0 Å². The summed E-state index contributed by atoms with van der Waals surface area (Å²) in [5.74, 6) is -0.205. The summed E-state index contributed by atoms with van der Waals surface area (Å²) in [6, 6.07) is 2.95. The van der Waals surface area contributed by atoms with Gasteiger partial charge in [-0.3, -0.25) is 4.79 Å². The van der Waals surface area contributed by atoms with Gasteiger partial charge in [0.05, 0.1) is 18.1 Å². The van der Waals surface area contributed by atoms with Gasteiger partial charge in [0.25, 0.3) is 0 Å². The quantitative estimate of drug-likeness (QED) is 0.815. The molecule has 0 aliphatic heterocycles. The van der Waals surface area contributed by atoms with Gasteiger partial charge in [-0.15, -0.1) is 0 Å². The van der Waals surface area contributed by atoms with E-state index in [0.29, 0.717) is 11.3 Å². The third-order valence-corrected chi connectivity index (χ3v) is 2.66. The number of furan rings is 1. The second-order valence-electron chi connectivity index (χ2n) is 4.56. The first-order chi connectivity index (χ1) is 8.34. The Labute approximate surface area is 104 Å². The minimum Gasteiger partial charge on any atom is -0.507 e. The van der Waals surface area contributed by atoms with Crippen LogP contribution in [-0.4, -0.2) is 28.7 Å². The summed E-state index contributed by atoms with van der Waals surface area (Å²) in [5.41, 5.74) is -1.04. The van der Waals surface area contributed by atoms with Crippen molar-refractivity contribution in [3.63, 3.8) is 0 Å². The molecule has 0 saturated carbocycles. The average Bonchev–Trinajstić information content (AvgIpc) is 2.70. The van der Waals surface area contributed by atoms with Crippen LogP contribution in [0.15, 0.2) is 22.8 Å².